The van der Waals surface area contributed by atoms with Gasteiger partial charge in [-0.25, -0.2) is 9.78 Å². The highest BCUT2D eigenvalue weighted by Crippen LogP contribution is 2.09. The topological polar surface area (TPSA) is 64.1 Å². The molecule has 0 aromatic carbocycles. The lowest BCUT2D eigenvalue weighted by atomic mass is 10.1. The van der Waals surface area contributed by atoms with Crippen LogP contribution in [-0.2, 0) is 6.67 Å². The summed E-state index contributed by atoms with van der Waals surface area (Å²) in [6, 6.07) is 1.66. The van der Waals surface area contributed by atoms with Crippen LogP contribution in [0.2, 0.25) is 0 Å². The van der Waals surface area contributed by atoms with Crippen LogP contribution >= 0.6 is 0 Å². The largest absolute Gasteiger partial charge is 0.385 e. The number of nitrogens with two attached hydrogens (primary N) is 1. The number of hydrogen-bond acceptors (Lipinski definition) is 4. The van der Waals surface area contributed by atoms with Crippen molar-refractivity contribution in [3.05, 3.63) is 22.7 Å². The van der Waals surface area contributed by atoms with E-state index in [9.17, 15) is 4.79 Å². The van der Waals surface area contributed by atoms with Gasteiger partial charge in [0.25, 0.3) is 0 Å². The number of likely N-dealkylation sites (tertiary alicyclic amines) is 1. The molecule has 2 heterocycles. The summed E-state index contributed by atoms with van der Waals surface area (Å²) in [5.41, 5.74) is 5.47. The van der Waals surface area contributed by atoms with Gasteiger partial charge in [0.1, 0.15) is 5.82 Å². The van der Waals surface area contributed by atoms with Crippen LogP contribution in [0.4, 0.5) is 5.82 Å². The lowest BCUT2D eigenvalue weighted by Gasteiger charge is -2.27. The smallest absolute Gasteiger partial charge is 0.350 e. The number of nitrogen functional groups attached to an aromatic ring is 1. The molecule has 0 radical (unpaired) electrons. The first-order valence-electron chi connectivity index (χ1n) is 5.31. The zero-order chi connectivity index (χ0) is 10.7. The van der Waals surface area contributed by atoms with Crippen LogP contribution in [0.3, 0.4) is 0 Å². The third-order valence-corrected chi connectivity index (χ3v) is 2.76. The van der Waals surface area contributed by atoms with Gasteiger partial charge < -0.3 is 5.73 Å². The van der Waals surface area contributed by atoms with E-state index in [-0.39, 0.29) is 5.69 Å². The van der Waals surface area contributed by atoms with Crippen LogP contribution in [0.5, 0.6) is 0 Å². The third kappa shape index (κ3) is 2.36. The molecule has 0 saturated carbocycles. The second kappa shape index (κ2) is 4.44. The maximum atomic E-state index is 11.5. The average molecular weight is 208 g/mol. The van der Waals surface area contributed by atoms with Crippen molar-refractivity contribution in [3.63, 3.8) is 0 Å². The van der Waals surface area contributed by atoms with E-state index in [4.69, 9.17) is 5.73 Å². The molecule has 1 aromatic rings. The summed E-state index contributed by atoms with van der Waals surface area (Å²) < 4.78 is 1.52. The lowest BCUT2D eigenvalue weighted by molar-refractivity contribution is 0.180. The molecule has 1 aliphatic heterocycles. The van der Waals surface area contributed by atoms with E-state index in [2.05, 4.69) is 9.88 Å². The average Bonchev–Trinajstić information content (AvgIpc) is 2.25. The molecule has 5 nitrogen and oxygen atoms in total. The SMILES string of the molecule is Nc1ccnc(=O)n1CN1CCCCC1. The lowest BCUT2D eigenvalue weighted by Crippen LogP contribution is -2.37. The first kappa shape index (κ1) is 10.2. The van der Waals surface area contributed by atoms with E-state index in [0.717, 1.165) is 13.1 Å². The van der Waals surface area contributed by atoms with Crippen LogP contribution in [0, 0.1) is 0 Å². The minimum atomic E-state index is -0.263. The van der Waals surface area contributed by atoms with Crippen LogP contribution in [-0.4, -0.2) is 27.5 Å². The normalized spacial score (nSPS) is 17.9. The molecular formula is C10H16N4O. The highest BCUT2D eigenvalue weighted by molar-refractivity contribution is 5.25. The summed E-state index contributed by atoms with van der Waals surface area (Å²) in [4.78, 5) is 17.4. The Morgan fingerprint density at radius 1 is 1.33 bits per heavy atom. The monoisotopic (exact) mass is 208 g/mol. The second-order valence-electron chi connectivity index (χ2n) is 3.90. The van der Waals surface area contributed by atoms with Gasteiger partial charge in [0, 0.05) is 6.20 Å². The Hall–Kier alpha value is -1.36. The standard InChI is InChI=1S/C10H16N4O/c11-9-4-5-12-10(15)14(9)8-13-6-2-1-3-7-13/h4-5H,1-3,6-8,11H2. The molecule has 0 bridgehead atoms. The summed E-state index contributed by atoms with van der Waals surface area (Å²) >= 11 is 0. The summed E-state index contributed by atoms with van der Waals surface area (Å²) in [5, 5.41) is 0. The number of piperidine rings is 1. The predicted molar refractivity (Wildman–Crippen MR) is 58.3 cm³/mol. The Morgan fingerprint density at radius 3 is 2.73 bits per heavy atom. The van der Waals surface area contributed by atoms with E-state index >= 15 is 0 Å². The van der Waals surface area contributed by atoms with E-state index in [1.165, 1.54) is 30.0 Å². The predicted octanol–water partition coefficient (Wildman–Crippen LogP) is 0.269. The molecule has 0 aliphatic carbocycles. The molecule has 2 N–H and O–H groups in total. The maximum Gasteiger partial charge on any atom is 0.350 e. The van der Waals surface area contributed by atoms with Crippen molar-refractivity contribution < 1.29 is 0 Å². The van der Waals surface area contributed by atoms with Crippen molar-refractivity contribution in [2.24, 2.45) is 0 Å². The second-order valence-corrected chi connectivity index (χ2v) is 3.90. The van der Waals surface area contributed by atoms with Crippen molar-refractivity contribution >= 4 is 5.82 Å². The molecule has 1 aromatic heterocycles. The van der Waals surface area contributed by atoms with Gasteiger partial charge in [-0.2, -0.15) is 0 Å². The van der Waals surface area contributed by atoms with Gasteiger partial charge in [0.2, 0.25) is 0 Å². The number of aromatic nitrogens is 2. The highest BCUT2D eigenvalue weighted by atomic mass is 16.1. The van der Waals surface area contributed by atoms with Crippen LogP contribution in [0.1, 0.15) is 19.3 Å². The Kier molecular flexibility index (Phi) is 3.01. The maximum absolute atomic E-state index is 11.5. The van der Waals surface area contributed by atoms with Gasteiger partial charge >= 0.3 is 5.69 Å². The van der Waals surface area contributed by atoms with Crippen molar-refractivity contribution in [1.82, 2.24) is 14.5 Å². The van der Waals surface area contributed by atoms with Crippen LogP contribution < -0.4 is 11.4 Å². The number of rotatable bonds is 2. The molecule has 0 spiro atoms. The van der Waals surface area contributed by atoms with E-state index in [1.807, 2.05) is 0 Å². The molecule has 1 fully saturated rings. The van der Waals surface area contributed by atoms with E-state index in [0.29, 0.717) is 12.5 Å². The van der Waals surface area contributed by atoms with Crippen LogP contribution in [0.15, 0.2) is 17.1 Å². The van der Waals surface area contributed by atoms with Crippen molar-refractivity contribution in [3.8, 4) is 0 Å². The fraction of sp³-hybridized carbons (Fsp3) is 0.600. The number of hydrogen-bond donors (Lipinski definition) is 1. The Labute approximate surface area is 88.5 Å². The number of anilines is 1. The molecular weight excluding hydrogens is 192 g/mol. The van der Waals surface area contributed by atoms with Gasteiger partial charge in [-0.1, -0.05) is 6.42 Å². The fourth-order valence-electron chi connectivity index (χ4n) is 1.89. The van der Waals surface area contributed by atoms with Crippen LogP contribution in [0.25, 0.3) is 0 Å². The summed E-state index contributed by atoms with van der Waals surface area (Å²) in [6.45, 7) is 2.65. The first-order chi connectivity index (χ1) is 7.27. The summed E-state index contributed by atoms with van der Waals surface area (Å²) in [6.07, 6.45) is 5.14. The quantitative estimate of drug-likeness (QED) is 0.757. The molecule has 0 atom stereocenters. The molecule has 0 unspecified atom stereocenters. The molecule has 1 aliphatic rings. The summed E-state index contributed by atoms with van der Waals surface area (Å²) in [5.74, 6) is 0.487. The van der Waals surface area contributed by atoms with Crippen molar-refractivity contribution in [2.45, 2.75) is 25.9 Å². The Balaban J connectivity index is 2.12. The number of nitrogens with zero attached hydrogens (tertiary/aromatic N) is 3. The minimum Gasteiger partial charge on any atom is -0.385 e. The molecule has 2 rings (SSSR count). The Bertz CT molecular complexity index is 381. The molecule has 15 heavy (non-hydrogen) atoms. The Morgan fingerprint density at radius 2 is 2.07 bits per heavy atom. The zero-order valence-electron chi connectivity index (χ0n) is 8.72. The van der Waals surface area contributed by atoms with Crippen molar-refractivity contribution in [2.75, 3.05) is 18.8 Å². The molecule has 5 heteroatoms. The van der Waals surface area contributed by atoms with Crippen molar-refractivity contribution in [1.29, 1.82) is 0 Å². The van der Waals surface area contributed by atoms with Gasteiger partial charge in [-0.05, 0) is 32.0 Å². The van der Waals surface area contributed by atoms with E-state index < -0.39 is 0 Å². The van der Waals surface area contributed by atoms with Gasteiger partial charge in [0.15, 0.2) is 0 Å². The summed E-state index contributed by atoms with van der Waals surface area (Å²) in [7, 11) is 0. The minimum absolute atomic E-state index is 0.263. The highest BCUT2D eigenvalue weighted by Gasteiger charge is 2.12. The third-order valence-electron chi connectivity index (χ3n) is 2.76. The molecule has 82 valence electrons. The zero-order valence-corrected chi connectivity index (χ0v) is 8.72. The molecule has 1 saturated heterocycles. The first-order valence-corrected chi connectivity index (χ1v) is 5.31. The van der Waals surface area contributed by atoms with Gasteiger partial charge in [-0.15, -0.1) is 0 Å². The fourth-order valence-corrected chi connectivity index (χ4v) is 1.89. The van der Waals surface area contributed by atoms with Gasteiger partial charge in [0.05, 0.1) is 6.67 Å². The van der Waals surface area contributed by atoms with E-state index in [1.54, 1.807) is 6.07 Å². The molecule has 0 amide bonds. The van der Waals surface area contributed by atoms with Gasteiger partial charge in [-0.3, -0.25) is 9.47 Å².